The molecule has 1 atom stereocenters. The first-order valence-electron chi connectivity index (χ1n) is 5.11. The molecular formula is C11H15ClN2. The minimum Gasteiger partial charge on any atom is -0.366 e. The highest BCUT2D eigenvalue weighted by Crippen LogP contribution is 2.21. The number of hydrogen-bond donors (Lipinski definition) is 1. The van der Waals surface area contributed by atoms with E-state index >= 15 is 0 Å². The van der Waals surface area contributed by atoms with E-state index in [1.54, 1.807) is 0 Å². The van der Waals surface area contributed by atoms with Gasteiger partial charge in [0.15, 0.2) is 0 Å². The maximum absolute atomic E-state index is 5.73. The lowest BCUT2D eigenvalue weighted by Gasteiger charge is -2.11. The van der Waals surface area contributed by atoms with Crippen molar-refractivity contribution in [2.45, 2.75) is 32.2 Å². The van der Waals surface area contributed by atoms with Crippen LogP contribution in [-0.4, -0.2) is 16.9 Å². The SMILES string of the molecule is CC(CCl)Nc1ccc2c(n1)CCC2. The Bertz CT molecular complexity index is 325. The summed E-state index contributed by atoms with van der Waals surface area (Å²) in [7, 11) is 0. The van der Waals surface area contributed by atoms with Crippen molar-refractivity contribution in [2.24, 2.45) is 0 Å². The van der Waals surface area contributed by atoms with Gasteiger partial charge in [-0.05, 0) is 37.8 Å². The molecule has 2 nitrogen and oxygen atoms in total. The zero-order valence-electron chi connectivity index (χ0n) is 8.39. The van der Waals surface area contributed by atoms with E-state index in [0.29, 0.717) is 5.88 Å². The third kappa shape index (κ3) is 2.01. The van der Waals surface area contributed by atoms with Gasteiger partial charge >= 0.3 is 0 Å². The fraction of sp³-hybridized carbons (Fsp3) is 0.545. The minimum atomic E-state index is 0.281. The predicted octanol–water partition coefficient (Wildman–Crippen LogP) is 2.61. The van der Waals surface area contributed by atoms with Gasteiger partial charge < -0.3 is 5.32 Å². The molecule has 0 saturated heterocycles. The lowest BCUT2D eigenvalue weighted by molar-refractivity contribution is 0.881. The van der Waals surface area contributed by atoms with Gasteiger partial charge in [0.1, 0.15) is 5.82 Å². The Morgan fingerprint density at radius 3 is 3.14 bits per heavy atom. The number of nitrogens with one attached hydrogen (secondary N) is 1. The highest BCUT2D eigenvalue weighted by Gasteiger charge is 2.12. The second-order valence-electron chi connectivity index (χ2n) is 3.86. The van der Waals surface area contributed by atoms with Crippen LogP contribution in [0.25, 0.3) is 0 Å². The molecule has 1 heterocycles. The van der Waals surface area contributed by atoms with Gasteiger partial charge in [0.25, 0.3) is 0 Å². The molecule has 1 N–H and O–H groups in total. The van der Waals surface area contributed by atoms with Crippen molar-refractivity contribution in [3.8, 4) is 0 Å². The maximum Gasteiger partial charge on any atom is 0.126 e. The van der Waals surface area contributed by atoms with E-state index in [1.165, 1.54) is 24.1 Å². The molecule has 1 aromatic rings. The van der Waals surface area contributed by atoms with Crippen LogP contribution in [0, 0.1) is 0 Å². The molecule has 0 radical (unpaired) electrons. The second kappa shape index (κ2) is 4.18. The van der Waals surface area contributed by atoms with Crippen LogP contribution in [0.15, 0.2) is 12.1 Å². The van der Waals surface area contributed by atoms with Gasteiger partial charge in [-0.2, -0.15) is 0 Å². The molecule has 1 aliphatic rings. The van der Waals surface area contributed by atoms with E-state index in [1.807, 2.05) is 6.07 Å². The van der Waals surface area contributed by atoms with Crippen LogP contribution in [-0.2, 0) is 12.8 Å². The molecule has 14 heavy (non-hydrogen) atoms. The predicted molar refractivity (Wildman–Crippen MR) is 60.1 cm³/mol. The average molecular weight is 211 g/mol. The van der Waals surface area contributed by atoms with E-state index in [0.717, 1.165) is 12.2 Å². The molecule has 2 rings (SSSR count). The van der Waals surface area contributed by atoms with Crippen molar-refractivity contribution in [3.05, 3.63) is 23.4 Å². The molecule has 1 aromatic heterocycles. The summed E-state index contributed by atoms with van der Waals surface area (Å²) in [6.07, 6.45) is 3.56. The molecule has 0 amide bonds. The molecule has 3 heteroatoms. The fourth-order valence-corrected chi connectivity index (χ4v) is 1.87. The third-order valence-corrected chi connectivity index (χ3v) is 3.02. The number of anilines is 1. The van der Waals surface area contributed by atoms with E-state index in [9.17, 15) is 0 Å². The maximum atomic E-state index is 5.73. The highest BCUT2D eigenvalue weighted by atomic mass is 35.5. The molecule has 0 aliphatic heterocycles. The van der Waals surface area contributed by atoms with E-state index in [-0.39, 0.29) is 6.04 Å². The largest absolute Gasteiger partial charge is 0.366 e. The fourth-order valence-electron chi connectivity index (χ4n) is 1.79. The lowest BCUT2D eigenvalue weighted by atomic mass is 10.2. The molecular weight excluding hydrogens is 196 g/mol. The Morgan fingerprint density at radius 1 is 1.50 bits per heavy atom. The van der Waals surface area contributed by atoms with Crippen molar-refractivity contribution in [3.63, 3.8) is 0 Å². The number of pyridine rings is 1. The van der Waals surface area contributed by atoms with Gasteiger partial charge in [-0.15, -0.1) is 11.6 Å². The van der Waals surface area contributed by atoms with Crippen molar-refractivity contribution in [1.82, 2.24) is 4.98 Å². The average Bonchev–Trinajstić information content (AvgIpc) is 2.64. The van der Waals surface area contributed by atoms with Crippen LogP contribution in [0.5, 0.6) is 0 Å². The van der Waals surface area contributed by atoms with Gasteiger partial charge in [-0.3, -0.25) is 0 Å². The molecule has 0 bridgehead atoms. The number of rotatable bonds is 3. The zero-order valence-corrected chi connectivity index (χ0v) is 9.14. The van der Waals surface area contributed by atoms with Crippen LogP contribution in [0.4, 0.5) is 5.82 Å². The van der Waals surface area contributed by atoms with Crippen LogP contribution >= 0.6 is 11.6 Å². The molecule has 0 spiro atoms. The zero-order chi connectivity index (χ0) is 9.97. The summed E-state index contributed by atoms with van der Waals surface area (Å²) < 4.78 is 0. The first kappa shape index (κ1) is 9.78. The number of aryl methyl sites for hydroxylation is 2. The van der Waals surface area contributed by atoms with E-state index in [4.69, 9.17) is 11.6 Å². The second-order valence-corrected chi connectivity index (χ2v) is 4.16. The Balaban J connectivity index is 2.12. The first-order valence-corrected chi connectivity index (χ1v) is 5.64. The summed E-state index contributed by atoms with van der Waals surface area (Å²) in [5, 5.41) is 3.28. The molecule has 0 aromatic carbocycles. The lowest BCUT2D eigenvalue weighted by Crippen LogP contribution is -2.17. The van der Waals surface area contributed by atoms with E-state index in [2.05, 4.69) is 23.3 Å². The number of halogens is 1. The Hall–Kier alpha value is -0.760. The van der Waals surface area contributed by atoms with Crippen LogP contribution < -0.4 is 5.32 Å². The molecule has 1 aliphatic carbocycles. The first-order chi connectivity index (χ1) is 6.79. The van der Waals surface area contributed by atoms with Crippen molar-refractivity contribution in [1.29, 1.82) is 0 Å². The van der Waals surface area contributed by atoms with Crippen LogP contribution in [0.2, 0.25) is 0 Å². The van der Waals surface area contributed by atoms with Gasteiger partial charge in [0, 0.05) is 17.6 Å². The van der Waals surface area contributed by atoms with Gasteiger partial charge in [-0.1, -0.05) is 6.07 Å². The molecule has 76 valence electrons. The third-order valence-electron chi connectivity index (χ3n) is 2.55. The van der Waals surface area contributed by atoms with Gasteiger partial charge in [0.2, 0.25) is 0 Å². The summed E-state index contributed by atoms with van der Waals surface area (Å²) in [6, 6.07) is 4.51. The van der Waals surface area contributed by atoms with Crippen LogP contribution in [0.1, 0.15) is 24.6 Å². The quantitative estimate of drug-likeness (QED) is 0.776. The summed E-state index contributed by atoms with van der Waals surface area (Å²) >= 11 is 5.73. The Kier molecular flexibility index (Phi) is 2.92. The Morgan fingerprint density at radius 2 is 2.36 bits per heavy atom. The topological polar surface area (TPSA) is 24.9 Å². The minimum absolute atomic E-state index is 0.281. The number of aromatic nitrogens is 1. The standard InChI is InChI=1S/C11H15ClN2/c1-8(7-12)13-11-6-5-9-3-2-4-10(9)14-11/h5-6,8H,2-4,7H2,1H3,(H,13,14). The highest BCUT2D eigenvalue weighted by molar-refractivity contribution is 6.18. The summed E-state index contributed by atoms with van der Waals surface area (Å²) in [6.45, 7) is 2.06. The van der Waals surface area contributed by atoms with Crippen LogP contribution in [0.3, 0.4) is 0 Å². The van der Waals surface area contributed by atoms with Crippen molar-refractivity contribution in [2.75, 3.05) is 11.2 Å². The number of fused-ring (bicyclic) bond motifs is 1. The summed E-state index contributed by atoms with van der Waals surface area (Å²) in [5.41, 5.74) is 2.67. The summed E-state index contributed by atoms with van der Waals surface area (Å²) in [4.78, 5) is 4.57. The smallest absolute Gasteiger partial charge is 0.126 e. The monoisotopic (exact) mass is 210 g/mol. The van der Waals surface area contributed by atoms with Gasteiger partial charge in [0.05, 0.1) is 0 Å². The van der Waals surface area contributed by atoms with Crippen molar-refractivity contribution < 1.29 is 0 Å². The summed E-state index contributed by atoms with van der Waals surface area (Å²) in [5.74, 6) is 1.57. The van der Waals surface area contributed by atoms with Gasteiger partial charge in [-0.25, -0.2) is 4.98 Å². The molecule has 0 saturated carbocycles. The molecule has 0 fully saturated rings. The number of nitrogens with zero attached hydrogens (tertiary/aromatic N) is 1. The number of hydrogen-bond acceptors (Lipinski definition) is 2. The Labute approximate surface area is 89.7 Å². The normalized spacial score (nSPS) is 16.4. The number of alkyl halides is 1. The van der Waals surface area contributed by atoms with Crippen molar-refractivity contribution >= 4 is 17.4 Å². The van der Waals surface area contributed by atoms with E-state index < -0.39 is 0 Å². The molecule has 1 unspecified atom stereocenters.